The average Bonchev–Trinajstić information content (AvgIpc) is 2.49. The van der Waals surface area contributed by atoms with Crippen molar-refractivity contribution in [2.24, 2.45) is 0 Å². The number of carbonyl (C=O) groups is 1. The molecule has 1 aromatic heterocycles. The third-order valence-electron chi connectivity index (χ3n) is 3.04. The average molecular weight is 334 g/mol. The molecule has 0 unspecified atom stereocenters. The van der Waals surface area contributed by atoms with Gasteiger partial charge in [-0.15, -0.1) is 11.8 Å². The van der Waals surface area contributed by atoms with Gasteiger partial charge in [-0.25, -0.2) is 8.78 Å². The maximum Gasteiger partial charge on any atom is 0.188 e. The predicted molar refractivity (Wildman–Crippen MR) is 89.6 cm³/mol. The first-order valence-electron chi connectivity index (χ1n) is 6.86. The number of hydrogen-bond donors (Lipinski definition) is 1. The molecular formula is C17H16F2N2OS. The van der Waals surface area contributed by atoms with Gasteiger partial charge in [-0.2, -0.15) is 0 Å². The van der Waals surface area contributed by atoms with Crippen LogP contribution in [-0.4, -0.2) is 17.0 Å². The SMILES string of the molecule is CS/C(=C/C(=O)c1cc(C)nc(C)c1)Nc1ccc(F)c(F)c1. The van der Waals surface area contributed by atoms with Crippen molar-refractivity contribution < 1.29 is 13.6 Å². The Bertz CT molecular complexity index is 755. The fourth-order valence-corrected chi connectivity index (χ4v) is 2.49. The maximum absolute atomic E-state index is 13.2. The summed E-state index contributed by atoms with van der Waals surface area (Å²) in [6.45, 7) is 3.64. The predicted octanol–water partition coefficient (Wildman–Crippen LogP) is 4.48. The second kappa shape index (κ2) is 7.37. The molecule has 0 spiro atoms. The Morgan fingerprint density at radius 3 is 2.35 bits per heavy atom. The standard InChI is InChI=1S/C17H16F2N2OS/c1-10-6-12(7-11(2)20-10)16(22)9-17(23-3)21-13-4-5-14(18)15(19)8-13/h4-9,21H,1-3H3/b17-9+. The Hall–Kier alpha value is -2.21. The van der Waals surface area contributed by atoms with Crippen LogP contribution in [0.25, 0.3) is 0 Å². The van der Waals surface area contributed by atoms with Gasteiger partial charge in [0.2, 0.25) is 0 Å². The van der Waals surface area contributed by atoms with E-state index in [1.54, 1.807) is 18.4 Å². The minimum Gasteiger partial charge on any atom is -0.350 e. The first-order chi connectivity index (χ1) is 10.9. The van der Waals surface area contributed by atoms with Crippen LogP contribution in [0.5, 0.6) is 0 Å². The highest BCUT2D eigenvalue weighted by Gasteiger charge is 2.08. The number of anilines is 1. The number of halogens is 2. The molecule has 0 atom stereocenters. The van der Waals surface area contributed by atoms with Crippen LogP contribution in [0.2, 0.25) is 0 Å². The summed E-state index contributed by atoms with van der Waals surface area (Å²) in [4.78, 5) is 16.6. The monoisotopic (exact) mass is 334 g/mol. The van der Waals surface area contributed by atoms with Gasteiger partial charge in [0.1, 0.15) is 0 Å². The number of allylic oxidation sites excluding steroid dienone is 1. The summed E-state index contributed by atoms with van der Waals surface area (Å²) in [6.07, 6.45) is 3.22. The third-order valence-corrected chi connectivity index (χ3v) is 3.69. The molecule has 3 nitrogen and oxygen atoms in total. The molecule has 6 heteroatoms. The van der Waals surface area contributed by atoms with Gasteiger partial charge in [0, 0.05) is 34.8 Å². The molecule has 0 radical (unpaired) electrons. The van der Waals surface area contributed by atoms with E-state index in [2.05, 4.69) is 10.3 Å². The van der Waals surface area contributed by atoms with Gasteiger partial charge in [-0.05, 0) is 44.4 Å². The Morgan fingerprint density at radius 1 is 1.13 bits per heavy atom. The summed E-state index contributed by atoms with van der Waals surface area (Å²) in [7, 11) is 0. The van der Waals surface area contributed by atoms with E-state index < -0.39 is 11.6 Å². The lowest BCUT2D eigenvalue weighted by molar-refractivity contribution is 0.104. The van der Waals surface area contributed by atoms with Gasteiger partial charge in [-0.1, -0.05) is 0 Å². The number of carbonyl (C=O) groups excluding carboxylic acids is 1. The van der Waals surface area contributed by atoms with Crippen LogP contribution in [-0.2, 0) is 0 Å². The van der Waals surface area contributed by atoms with E-state index in [4.69, 9.17) is 0 Å². The topological polar surface area (TPSA) is 42.0 Å². The van der Waals surface area contributed by atoms with E-state index in [-0.39, 0.29) is 5.78 Å². The zero-order valence-corrected chi connectivity index (χ0v) is 13.8. The van der Waals surface area contributed by atoms with E-state index in [1.165, 1.54) is 23.9 Å². The first-order valence-corrected chi connectivity index (χ1v) is 8.09. The van der Waals surface area contributed by atoms with E-state index in [0.717, 1.165) is 23.5 Å². The molecule has 0 saturated heterocycles. The quantitative estimate of drug-likeness (QED) is 0.647. The highest BCUT2D eigenvalue weighted by molar-refractivity contribution is 8.02. The van der Waals surface area contributed by atoms with E-state index in [0.29, 0.717) is 16.3 Å². The van der Waals surface area contributed by atoms with Gasteiger partial charge >= 0.3 is 0 Å². The van der Waals surface area contributed by atoms with E-state index >= 15 is 0 Å². The molecule has 23 heavy (non-hydrogen) atoms. The highest BCUT2D eigenvalue weighted by atomic mass is 32.2. The molecule has 1 N–H and O–H groups in total. The largest absolute Gasteiger partial charge is 0.350 e. The van der Waals surface area contributed by atoms with Crippen LogP contribution in [0.1, 0.15) is 21.7 Å². The Balaban J connectivity index is 2.23. The second-order valence-corrected chi connectivity index (χ2v) is 5.82. The zero-order chi connectivity index (χ0) is 17.0. The number of aryl methyl sites for hydroxylation is 2. The molecule has 1 aromatic carbocycles. The first kappa shape index (κ1) is 17.1. The number of rotatable bonds is 5. The van der Waals surface area contributed by atoms with E-state index in [1.807, 2.05) is 13.8 Å². The van der Waals surface area contributed by atoms with Gasteiger partial charge in [0.25, 0.3) is 0 Å². The summed E-state index contributed by atoms with van der Waals surface area (Å²) in [6, 6.07) is 6.91. The van der Waals surface area contributed by atoms with E-state index in [9.17, 15) is 13.6 Å². The van der Waals surface area contributed by atoms with Crippen LogP contribution in [0.3, 0.4) is 0 Å². The minimum atomic E-state index is -0.942. The zero-order valence-electron chi connectivity index (χ0n) is 13.0. The summed E-state index contributed by atoms with van der Waals surface area (Å²) in [5.41, 5.74) is 2.44. The number of aromatic nitrogens is 1. The smallest absolute Gasteiger partial charge is 0.188 e. The molecule has 1 heterocycles. The molecule has 2 aromatic rings. The number of ketones is 1. The lowest BCUT2D eigenvalue weighted by atomic mass is 10.1. The van der Waals surface area contributed by atoms with Crippen molar-refractivity contribution in [3.63, 3.8) is 0 Å². The Labute approximate surface area is 137 Å². The maximum atomic E-state index is 13.2. The molecular weight excluding hydrogens is 318 g/mol. The van der Waals surface area contributed by atoms with Crippen molar-refractivity contribution in [1.29, 1.82) is 0 Å². The molecule has 0 aliphatic carbocycles. The minimum absolute atomic E-state index is 0.182. The highest BCUT2D eigenvalue weighted by Crippen LogP contribution is 2.20. The Morgan fingerprint density at radius 2 is 1.78 bits per heavy atom. The molecule has 0 bridgehead atoms. The van der Waals surface area contributed by atoms with Crippen LogP contribution in [0, 0.1) is 25.5 Å². The van der Waals surface area contributed by atoms with Crippen molar-refractivity contribution in [3.05, 3.63) is 70.0 Å². The van der Waals surface area contributed by atoms with Gasteiger partial charge in [-0.3, -0.25) is 9.78 Å². The number of thioether (sulfide) groups is 1. The summed E-state index contributed by atoms with van der Waals surface area (Å²) in [5.74, 6) is -2.04. The number of hydrogen-bond acceptors (Lipinski definition) is 4. The fraction of sp³-hybridized carbons (Fsp3) is 0.176. The van der Waals surface area contributed by atoms with Gasteiger partial charge in [0.05, 0.1) is 5.03 Å². The lowest BCUT2D eigenvalue weighted by Gasteiger charge is -2.09. The number of nitrogens with zero attached hydrogens (tertiary/aromatic N) is 1. The Kier molecular flexibility index (Phi) is 5.50. The van der Waals surface area contributed by atoms with Crippen LogP contribution in [0.15, 0.2) is 41.4 Å². The van der Waals surface area contributed by atoms with Crippen molar-refractivity contribution in [2.75, 3.05) is 11.6 Å². The molecule has 2 rings (SSSR count). The lowest BCUT2D eigenvalue weighted by Crippen LogP contribution is -2.03. The molecule has 0 aliphatic heterocycles. The van der Waals surface area contributed by atoms with Crippen molar-refractivity contribution >= 4 is 23.2 Å². The van der Waals surface area contributed by atoms with Crippen molar-refractivity contribution in [1.82, 2.24) is 4.98 Å². The fourth-order valence-electron chi connectivity index (χ4n) is 2.04. The molecule has 0 saturated carbocycles. The van der Waals surface area contributed by atoms with Gasteiger partial charge in [0.15, 0.2) is 17.4 Å². The normalized spacial score (nSPS) is 11.4. The van der Waals surface area contributed by atoms with Crippen molar-refractivity contribution in [2.45, 2.75) is 13.8 Å². The number of nitrogens with one attached hydrogen (secondary N) is 1. The van der Waals surface area contributed by atoms with Gasteiger partial charge < -0.3 is 5.32 Å². The summed E-state index contributed by atoms with van der Waals surface area (Å²) >= 11 is 1.30. The molecule has 0 amide bonds. The van der Waals surface area contributed by atoms with Crippen molar-refractivity contribution in [3.8, 4) is 0 Å². The van der Waals surface area contributed by atoms with Crippen LogP contribution in [0.4, 0.5) is 14.5 Å². The van der Waals surface area contributed by atoms with Crippen LogP contribution < -0.4 is 5.32 Å². The number of benzene rings is 1. The van der Waals surface area contributed by atoms with Crippen LogP contribution >= 0.6 is 11.8 Å². The summed E-state index contributed by atoms with van der Waals surface area (Å²) < 4.78 is 26.2. The second-order valence-electron chi connectivity index (χ2n) is 4.97. The number of pyridine rings is 1. The molecule has 120 valence electrons. The molecule has 0 fully saturated rings. The molecule has 0 aliphatic rings. The summed E-state index contributed by atoms with van der Waals surface area (Å²) in [5, 5.41) is 3.44. The third kappa shape index (κ3) is 4.63.